The first-order chi connectivity index (χ1) is 7.70. The number of amides is 1. The van der Waals surface area contributed by atoms with E-state index in [-0.39, 0.29) is 24.5 Å². The number of nitrogens with zero attached hydrogens (tertiary/aromatic N) is 1. The second kappa shape index (κ2) is 6.86. The summed E-state index contributed by atoms with van der Waals surface area (Å²) in [6, 6.07) is 0.263. The van der Waals surface area contributed by atoms with Crippen LogP contribution in [0.25, 0.3) is 0 Å². The van der Waals surface area contributed by atoms with Crippen molar-refractivity contribution in [3.05, 3.63) is 0 Å². The number of aliphatic hydroxyl groups is 1. The van der Waals surface area contributed by atoms with Gasteiger partial charge in [0.05, 0.1) is 12.5 Å². The minimum atomic E-state index is 0.0558. The van der Waals surface area contributed by atoms with Gasteiger partial charge in [-0.1, -0.05) is 6.92 Å². The fourth-order valence-electron chi connectivity index (χ4n) is 2.34. The van der Waals surface area contributed by atoms with Crippen molar-refractivity contribution in [1.29, 1.82) is 0 Å². The van der Waals surface area contributed by atoms with Crippen LogP contribution in [0.3, 0.4) is 0 Å². The van der Waals surface area contributed by atoms with E-state index >= 15 is 0 Å². The lowest BCUT2D eigenvalue weighted by Crippen LogP contribution is -2.49. The number of aliphatic hydroxyl groups excluding tert-OH is 1. The fraction of sp³-hybridized carbons (Fsp3) is 0.917. The third-order valence-electron chi connectivity index (χ3n) is 3.25. The first-order valence-electron chi connectivity index (χ1n) is 6.33. The van der Waals surface area contributed by atoms with Crippen LogP contribution in [0, 0.1) is 5.92 Å². The van der Waals surface area contributed by atoms with Gasteiger partial charge in [-0.25, -0.2) is 0 Å². The first-order valence-corrected chi connectivity index (χ1v) is 6.33. The molecule has 94 valence electrons. The Morgan fingerprint density at radius 3 is 2.81 bits per heavy atom. The molecule has 0 aliphatic carbocycles. The number of hydrogen-bond donors (Lipinski definition) is 2. The molecule has 0 spiro atoms. The second-order valence-electron chi connectivity index (χ2n) is 4.54. The summed E-state index contributed by atoms with van der Waals surface area (Å²) in [7, 11) is 0. The van der Waals surface area contributed by atoms with E-state index in [1.807, 2.05) is 0 Å². The molecule has 1 aliphatic rings. The van der Waals surface area contributed by atoms with Crippen molar-refractivity contribution < 1.29 is 9.90 Å². The summed E-state index contributed by atoms with van der Waals surface area (Å²) in [5, 5.41) is 12.3. The van der Waals surface area contributed by atoms with E-state index in [0.717, 1.165) is 32.4 Å². The van der Waals surface area contributed by atoms with Gasteiger partial charge in [0.1, 0.15) is 0 Å². The van der Waals surface area contributed by atoms with Gasteiger partial charge in [-0.05, 0) is 32.7 Å². The van der Waals surface area contributed by atoms with Crippen LogP contribution in [0.2, 0.25) is 0 Å². The molecule has 2 N–H and O–H groups in total. The van der Waals surface area contributed by atoms with Crippen molar-refractivity contribution in [2.75, 3.05) is 26.2 Å². The second-order valence-corrected chi connectivity index (χ2v) is 4.54. The molecule has 0 aromatic heterocycles. The van der Waals surface area contributed by atoms with Gasteiger partial charge in [-0.3, -0.25) is 4.79 Å². The standard InChI is InChI=1S/C12H24N2O2/c1-3-7-14(8-9-15)12(16)11-5-4-6-13-10(11)2/h10-11,13,15H,3-9H2,1-2H3. The van der Waals surface area contributed by atoms with Gasteiger partial charge in [-0.2, -0.15) is 0 Å². The normalized spacial score (nSPS) is 25.4. The molecule has 4 heteroatoms. The van der Waals surface area contributed by atoms with E-state index in [9.17, 15) is 4.79 Å². The number of carbonyl (C=O) groups excluding carboxylic acids is 1. The molecule has 2 unspecified atom stereocenters. The molecule has 4 nitrogen and oxygen atoms in total. The summed E-state index contributed by atoms with van der Waals surface area (Å²) >= 11 is 0. The summed E-state index contributed by atoms with van der Waals surface area (Å²) in [5.41, 5.74) is 0. The molecule has 0 radical (unpaired) electrons. The van der Waals surface area contributed by atoms with Crippen molar-refractivity contribution in [3.63, 3.8) is 0 Å². The molecule has 2 atom stereocenters. The summed E-state index contributed by atoms with van der Waals surface area (Å²) in [6.45, 7) is 6.42. The maximum Gasteiger partial charge on any atom is 0.227 e. The van der Waals surface area contributed by atoms with Crippen molar-refractivity contribution in [2.45, 2.75) is 39.2 Å². The molecule has 1 aliphatic heterocycles. The average molecular weight is 228 g/mol. The van der Waals surface area contributed by atoms with E-state index in [0.29, 0.717) is 6.54 Å². The Kier molecular flexibility index (Phi) is 5.77. The molecule has 0 bridgehead atoms. The van der Waals surface area contributed by atoms with E-state index in [1.165, 1.54) is 0 Å². The number of nitrogens with one attached hydrogen (secondary N) is 1. The largest absolute Gasteiger partial charge is 0.395 e. The SMILES string of the molecule is CCCN(CCO)C(=O)C1CCCNC1C. The van der Waals surface area contributed by atoms with Crippen LogP contribution in [-0.4, -0.2) is 48.2 Å². The Balaban J connectivity index is 2.57. The zero-order chi connectivity index (χ0) is 12.0. The van der Waals surface area contributed by atoms with Gasteiger partial charge in [0.25, 0.3) is 0 Å². The van der Waals surface area contributed by atoms with Gasteiger partial charge >= 0.3 is 0 Å². The molecular formula is C12H24N2O2. The number of piperidine rings is 1. The predicted molar refractivity (Wildman–Crippen MR) is 64.1 cm³/mol. The minimum Gasteiger partial charge on any atom is -0.395 e. The lowest BCUT2D eigenvalue weighted by Gasteiger charge is -2.33. The molecular weight excluding hydrogens is 204 g/mol. The van der Waals surface area contributed by atoms with Crippen molar-refractivity contribution in [3.8, 4) is 0 Å². The lowest BCUT2D eigenvalue weighted by atomic mass is 9.90. The minimum absolute atomic E-state index is 0.0558. The highest BCUT2D eigenvalue weighted by atomic mass is 16.3. The van der Waals surface area contributed by atoms with Gasteiger partial charge in [-0.15, -0.1) is 0 Å². The summed E-state index contributed by atoms with van der Waals surface area (Å²) in [6.07, 6.45) is 2.98. The van der Waals surface area contributed by atoms with Crippen LogP contribution in [0.1, 0.15) is 33.1 Å². The number of hydrogen-bond acceptors (Lipinski definition) is 3. The molecule has 1 heterocycles. The quantitative estimate of drug-likeness (QED) is 0.725. The third-order valence-corrected chi connectivity index (χ3v) is 3.25. The average Bonchev–Trinajstić information content (AvgIpc) is 2.28. The topological polar surface area (TPSA) is 52.6 Å². The number of carbonyl (C=O) groups is 1. The fourth-order valence-corrected chi connectivity index (χ4v) is 2.34. The van der Waals surface area contributed by atoms with E-state index in [2.05, 4.69) is 19.2 Å². The summed E-state index contributed by atoms with van der Waals surface area (Å²) in [5.74, 6) is 0.294. The molecule has 1 amide bonds. The monoisotopic (exact) mass is 228 g/mol. The van der Waals surface area contributed by atoms with Gasteiger partial charge in [0, 0.05) is 19.1 Å². The summed E-state index contributed by atoms with van der Waals surface area (Å²) in [4.78, 5) is 14.1. The van der Waals surface area contributed by atoms with Crippen molar-refractivity contribution >= 4 is 5.91 Å². The maximum atomic E-state index is 12.3. The Morgan fingerprint density at radius 1 is 1.50 bits per heavy atom. The highest BCUT2D eigenvalue weighted by Crippen LogP contribution is 2.19. The van der Waals surface area contributed by atoms with Gasteiger partial charge in [0.15, 0.2) is 0 Å². The summed E-state index contributed by atoms with van der Waals surface area (Å²) < 4.78 is 0. The Labute approximate surface area is 98.0 Å². The van der Waals surface area contributed by atoms with E-state index < -0.39 is 0 Å². The highest BCUT2D eigenvalue weighted by molar-refractivity contribution is 5.79. The number of rotatable bonds is 5. The Bertz CT molecular complexity index is 215. The van der Waals surface area contributed by atoms with Crippen LogP contribution >= 0.6 is 0 Å². The molecule has 0 aromatic carbocycles. The van der Waals surface area contributed by atoms with Crippen molar-refractivity contribution in [2.24, 2.45) is 5.92 Å². The van der Waals surface area contributed by atoms with Crippen LogP contribution in [0.4, 0.5) is 0 Å². The molecule has 0 saturated carbocycles. The molecule has 1 fully saturated rings. The Morgan fingerprint density at radius 2 is 2.25 bits per heavy atom. The smallest absolute Gasteiger partial charge is 0.227 e. The van der Waals surface area contributed by atoms with E-state index in [4.69, 9.17) is 5.11 Å². The van der Waals surface area contributed by atoms with E-state index in [1.54, 1.807) is 4.90 Å². The zero-order valence-corrected chi connectivity index (χ0v) is 10.4. The lowest BCUT2D eigenvalue weighted by molar-refractivity contribution is -0.137. The van der Waals surface area contributed by atoms with Crippen LogP contribution < -0.4 is 5.32 Å². The van der Waals surface area contributed by atoms with Crippen LogP contribution in [0.5, 0.6) is 0 Å². The molecule has 1 saturated heterocycles. The zero-order valence-electron chi connectivity index (χ0n) is 10.4. The third kappa shape index (κ3) is 3.46. The van der Waals surface area contributed by atoms with Gasteiger partial charge < -0.3 is 15.3 Å². The van der Waals surface area contributed by atoms with Crippen LogP contribution in [-0.2, 0) is 4.79 Å². The highest BCUT2D eigenvalue weighted by Gasteiger charge is 2.30. The molecule has 16 heavy (non-hydrogen) atoms. The Hall–Kier alpha value is -0.610. The first kappa shape index (κ1) is 13.5. The predicted octanol–water partition coefficient (Wildman–Crippen LogP) is 0.605. The molecule has 0 aromatic rings. The van der Waals surface area contributed by atoms with Crippen molar-refractivity contribution in [1.82, 2.24) is 10.2 Å². The van der Waals surface area contributed by atoms with Gasteiger partial charge in [0.2, 0.25) is 5.91 Å². The maximum absolute atomic E-state index is 12.3. The van der Waals surface area contributed by atoms with Crippen LogP contribution in [0.15, 0.2) is 0 Å². The molecule has 1 rings (SSSR count).